The fourth-order valence-corrected chi connectivity index (χ4v) is 4.27. The van der Waals surface area contributed by atoms with Gasteiger partial charge in [0.05, 0.1) is 18.8 Å². The van der Waals surface area contributed by atoms with E-state index in [1.165, 1.54) is 6.42 Å². The molecule has 30 heavy (non-hydrogen) atoms. The number of benzene rings is 2. The molecular formula is C24H29N3O3. The fourth-order valence-electron chi connectivity index (χ4n) is 4.27. The first kappa shape index (κ1) is 20.3. The molecule has 2 aromatic carbocycles. The number of aryl methyl sites for hydroxylation is 2. The molecule has 2 aliphatic rings. The number of fused-ring (bicyclic) bond motifs is 1. The molecule has 1 fully saturated rings. The molecule has 0 spiro atoms. The van der Waals surface area contributed by atoms with E-state index in [0.29, 0.717) is 12.3 Å². The number of anilines is 2. The molecule has 2 heterocycles. The van der Waals surface area contributed by atoms with Gasteiger partial charge in [-0.05, 0) is 56.4 Å². The number of carbonyl (C=O) groups is 2. The highest BCUT2D eigenvalue weighted by atomic mass is 16.5. The van der Waals surface area contributed by atoms with Gasteiger partial charge in [-0.1, -0.05) is 30.3 Å². The van der Waals surface area contributed by atoms with Crippen LogP contribution in [0.4, 0.5) is 11.4 Å². The van der Waals surface area contributed by atoms with Gasteiger partial charge in [0.25, 0.3) is 5.91 Å². The normalized spacial score (nSPS) is 18.4. The summed E-state index contributed by atoms with van der Waals surface area (Å²) >= 11 is 0. The van der Waals surface area contributed by atoms with Crippen LogP contribution in [-0.4, -0.2) is 49.0 Å². The Kier molecular flexibility index (Phi) is 5.93. The first-order chi connectivity index (χ1) is 14.5. The number of ether oxygens (including phenoxy) is 1. The number of likely N-dealkylation sites (tertiary alicyclic amines) is 1. The maximum Gasteiger partial charge on any atom is 0.265 e. The lowest BCUT2D eigenvalue weighted by molar-refractivity contribution is -0.139. The van der Waals surface area contributed by atoms with Crippen molar-refractivity contribution < 1.29 is 14.3 Å². The fraction of sp³-hybridized carbons (Fsp3) is 0.417. The van der Waals surface area contributed by atoms with Gasteiger partial charge < -0.3 is 19.9 Å². The summed E-state index contributed by atoms with van der Waals surface area (Å²) in [5, 5.41) is 3.05. The van der Waals surface area contributed by atoms with E-state index in [-0.39, 0.29) is 18.4 Å². The predicted molar refractivity (Wildman–Crippen MR) is 118 cm³/mol. The smallest absolute Gasteiger partial charge is 0.265 e. The van der Waals surface area contributed by atoms with E-state index in [0.717, 1.165) is 48.4 Å². The Balaban J connectivity index is 1.51. The highest BCUT2D eigenvalue weighted by Gasteiger charge is 2.34. The van der Waals surface area contributed by atoms with Crippen LogP contribution in [0.2, 0.25) is 0 Å². The van der Waals surface area contributed by atoms with Crippen LogP contribution in [0.15, 0.2) is 42.5 Å². The van der Waals surface area contributed by atoms with E-state index in [4.69, 9.17) is 4.74 Å². The molecule has 6 heteroatoms. The van der Waals surface area contributed by atoms with E-state index in [9.17, 15) is 9.59 Å². The van der Waals surface area contributed by atoms with Crippen LogP contribution >= 0.6 is 0 Å². The van der Waals surface area contributed by atoms with Crippen LogP contribution in [0.1, 0.15) is 30.4 Å². The predicted octanol–water partition coefficient (Wildman–Crippen LogP) is 3.52. The number of piperidine rings is 1. The minimum Gasteiger partial charge on any atom is -0.477 e. The van der Waals surface area contributed by atoms with E-state index in [1.807, 2.05) is 66.1 Å². The van der Waals surface area contributed by atoms with Crippen LogP contribution in [0.3, 0.4) is 0 Å². The number of hydrogen-bond acceptors (Lipinski definition) is 4. The minimum atomic E-state index is -0.592. The van der Waals surface area contributed by atoms with Gasteiger partial charge in [0.2, 0.25) is 5.91 Å². The topological polar surface area (TPSA) is 61.9 Å². The maximum absolute atomic E-state index is 13.0. The molecule has 4 rings (SSSR count). The lowest BCUT2D eigenvalue weighted by Gasteiger charge is -2.38. The largest absolute Gasteiger partial charge is 0.477 e. The van der Waals surface area contributed by atoms with E-state index >= 15 is 0 Å². The summed E-state index contributed by atoms with van der Waals surface area (Å²) in [6.45, 7) is 6.07. The SMILES string of the molecule is Cc1cccc(C)c1NC(=O)CN1CC(C(=O)N2CCCCC2)Oc2ccccc21. The zero-order valence-corrected chi connectivity index (χ0v) is 17.7. The third-order valence-corrected chi connectivity index (χ3v) is 5.88. The molecule has 0 radical (unpaired) electrons. The number of nitrogens with zero attached hydrogens (tertiary/aromatic N) is 2. The molecule has 1 saturated heterocycles. The van der Waals surface area contributed by atoms with Gasteiger partial charge in [-0.15, -0.1) is 0 Å². The van der Waals surface area contributed by atoms with Crippen molar-refractivity contribution in [3.05, 3.63) is 53.6 Å². The molecule has 158 valence electrons. The Labute approximate surface area is 177 Å². The van der Waals surface area contributed by atoms with Gasteiger partial charge in [0.1, 0.15) is 5.75 Å². The monoisotopic (exact) mass is 407 g/mol. The molecule has 6 nitrogen and oxygen atoms in total. The minimum absolute atomic E-state index is 0.0179. The zero-order chi connectivity index (χ0) is 21.1. The van der Waals surface area contributed by atoms with Gasteiger partial charge in [0.15, 0.2) is 6.10 Å². The van der Waals surface area contributed by atoms with Crippen molar-refractivity contribution in [1.29, 1.82) is 0 Å². The van der Waals surface area contributed by atoms with Crippen molar-refractivity contribution in [3.63, 3.8) is 0 Å². The molecule has 1 N–H and O–H groups in total. The molecule has 1 atom stereocenters. The first-order valence-corrected chi connectivity index (χ1v) is 10.7. The average molecular weight is 408 g/mol. The summed E-state index contributed by atoms with van der Waals surface area (Å²) in [5.41, 5.74) is 3.76. The third-order valence-electron chi connectivity index (χ3n) is 5.88. The van der Waals surface area contributed by atoms with Gasteiger partial charge in [-0.25, -0.2) is 0 Å². The van der Waals surface area contributed by atoms with Crippen LogP contribution in [0.25, 0.3) is 0 Å². The summed E-state index contributed by atoms with van der Waals surface area (Å²) < 4.78 is 6.05. The average Bonchev–Trinajstić information content (AvgIpc) is 2.76. The Bertz CT molecular complexity index is 917. The Hall–Kier alpha value is -3.02. The van der Waals surface area contributed by atoms with Crippen molar-refractivity contribution in [2.75, 3.05) is 36.4 Å². The van der Waals surface area contributed by atoms with Crippen molar-refractivity contribution in [2.24, 2.45) is 0 Å². The number of hydrogen-bond donors (Lipinski definition) is 1. The molecule has 1 unspecified atom stereocenters. The molecular weight excluding hydrogens is 378 g/mol. The Morgan fingerprint density at radius 3 is 2.43 bits per heavy atom. The van der Waals surface area contributed by atoms with E-state index < -0.39 is 6.10 Å². The summed E-state index contributed by atoms with van der Waals surface area (Å²) in [4.78, 5) is 29.8. The second-order valence-corrected chi connectivity index (χ2v) is 8.16. The van der Waals surface area contributed by atoms with Crippen LogP contribution < -0.4 is 15.0 Å². The maximum atomic E-state index is 13.0. The molecule has 2 aliphatic heterocycles. The second kappa shape index (κ2) is 8.78. The molecule has 0 bridgehead atoms. The van der Waals surface area contributed by atoms with Crippen molar-refractivity contribution >= 4 is 23.2 Å². The number of carbonyl (C=O) groups excluding carboxylic acids is 2. The van der Waals surface area contributed by atoms with Gasteiger partial charge >= 0.3 is 0 Å². The van der Waals surface area contributed by atoms with Crippen molar-refractivity contribution in [2.45, 2.75) is 39.2 Å². The lowest BCUT2D eigenvalue weighted by Crippen LogP contribution is -2.52. The number of nitrogens with one attached hydrogen (secondary N) is 1. The molecule has 2 aromatic rings. The number of rotatable bonds is 4. The molecule has 0 saturated carbocycles. The van der Waals surface area contributed by atoms with Crippen molar-refractivity contribution in [3.8, 4) is 5.75 Å². The Morgan fingerprint density at radius 1 is 1.00 bits per heavy atom. The summed E-state index contributed by atoms with van der Waals surface area (Å²) in [5.74, 6) is 0.566. The Morgan fingerprint density at radius 2 is 1.70 bits per heavy atom. The lowest BCUT2D eigenvalue weighted by atomic mass is 10.1. The highest BCUT2D eigenvalue weighted by molar-refractivity contribution is 5.96. The standard InChI is InChI=1S/C24H29N3O3/c1-17-9-8-10-18(2)23(17)25-22(28)16-27-15-21(24(29)26-13-6-3-7-14-26)30-20-12-5-4-11-19(20)27/h4-5,8-12,21H,3,6-7,13-16H2,1-2H3,(H,25,28). The quantitative estimate of drug-likeness (QED) is 0.842. The highest BCUT2D eigenvalue weighted by Crippen LogP contribution is 2.33. The summed E-state index contributed by atoms with van der Waals surface area (Å²) in [7, 11) is 0. The van der Waals surface area contributed by atoms with Crippen LogP contribution in [0, 0.1) is 13.8 Å². The molecule has 2 amide bonds. The number of amides is 2. The third kappa shape index (κ3) is 4.27. The van der Waals surface area contributed by atoms with E-state index in [2.05, 4.69) is 5.32 Å². The first-order valence-electron chi connectivity index (χ1n) is 10.7. The van der Waals surface area contributed by atoms with Crippen molar-refractivity contribution in [1.82, 2.24) is 4.90 Å². The van der Waals surface area contributed by atoms with Crippen LogP contribution in [0.5, 0.6) is 5.75 Å². The van der Waals surface area contributed by atoms with Gasteiger partial charge in [-0.2, -0.15) is 0 Å². The van der Waals surface area contributed by atoms with E-state index in [1.54, 1.807) is 0 Å². The number of para-hydroxylation sites is 3. The second-order valence-electron chi connectivity index (χ2n) is 8.16. The zero-order valence-electron chi connectivity index (χ0n) is 17.7. The van der Waals surface area contributed by atoms with Crippen LogP contribution in [-0.2, 0) is 9.59 Å². The summed E-state index contributed by atoms with van der Waals surface area (Å²) in [6, 6.07) is 13.6. The molecule has 0 aliphatic carbocycles. The molecule has 0 aromatic heterocycles. The summed E-state index contributed by atoms with van der Waals surface area (Å²) in [6.07, 6.45) is 2.66. The van der Waals surface area contributed by atoms with Gasteiger partial charge in [-0.3, -0.25) is 9.59 Å². The van der Waals surface area contributed by atoms with Gasteiger partial charge in [0, 0.05) is 18.8 Å².